The quantitative estimate of drug-likeness (QED) is 0.585. The largest absolute Gasteiger partial charge is 0.486 e. The fraction of sp³-hybridized carbons (Fsp3) is 0.176. The zero-order valence-corrected chi connectivity index (χ0v) is 15.5. The molecule has 0 bridgehead atoms. The zero-order valence-electron chi connectivity index (χ0n) is 13.1. The van der Waals surface area contributed by atoms with E-state index in [1.165, 1.54) is 11.8 Å². The highest BCUT2D eigenvalue weighted by Gasteiger charge is 2.13. The minimum absolute atomic E-state index is 0.167. The smallest absolute Gasteiger partial charge is 0.269 e. The Labute approximate surface area is 157 Å². The Bertz CT molecular complexity index is 783. The Morgan fingerprint density at radius 1 is 1.00 bits per heavy atom. The van der Waals surface area contributed by atoms with E-state index < -0.39 is 0 Å². The molecule has 8 heteroatoms. The van der Waals surface area contributed by atoms with Gasteiger partial charge in [-0.2, -0.15) is 0 Å². The number of benzene rings is 2. The number of nitrogens with one attached hydrogen (secondary N) is 2. The average molecular weight is 423 g/mol. The minimum atomic E-state index is -0.370. The van der Waals surface area contributed by atoms with Crippen LogP contribution in [0.5, 0.6) is 11.5 Å². The summed E-state index contributed by atoms with van der Waals surface area (Å²) in [4.78, 5) is 24.7. The van der Waals surface area contributed by atoms with Crippen molar-refractivity contribution in [3.05, 3.63) is 52.5 Å². The Balaban J connectivity index is 1.46. The van der Waals surface area contributed by atoms with Crippen LogP contribution in [-0.2, 0) is 4.79 Å². The standard InChI is InChI=1S/C17H15BrN2O4S/c18-12-3-1-11(2-4-12)17(22)20-19-16(21)10-25-13-5-6-14-15(9-13)24-8-7-23-14/h1-6,9H,7-8,10H2,(H,19,21)(H,20,22). The van der Waals surface area contributed by atoms with Gasteiger partial charge >= 0.3 is 0 Å². The Morgan fingerprint density at radius 2 is 1.72 bits per heavy atom. The van der Waals surface area contributed by atoms with E-state index in [4.69, 9.17) is 9.47 Å². The van der Waals surface area contributed by atoms with Gasteiger partial charge in [0, 0.05) is 14.9 Å². The maximum absolute atomic E-state index is 11.9. The molecule has 0 unspecified atom stereocenters. The van der Waals surface area contributed by atoms with Crippen molar-refractivity contribution in [1.82, 2.24) is 10.9 Å². The fourth-order valence-electron chi connectivity index (χ4n) is 2.10. The molecule has 2 aromatic carbocycles. The third-order valence-corrected chi connectivity index (χ3v) is 4.83. The Morgan fingerprint density at radius 3 is 2.48 bits per heavy atom. The Hall–Kier alpha value is -2.19. The van der Waals surface area contributed by atoms with Crippen molar-refractivity contribution in [2.45, 2.75) is 4.90 Å². The van der Waals surface area contributed by atoms with Gasteiger partial charge < -0.3 is 9.47 Å². The predicted molar refractivity (Wildman–Crippen MR) is 97.9 cm³/mol. The lowest BCUT2D eigenvalue weighted by molar-refractivity contribution is -0.119. The topological polar surface area (TPSA) is 76.7 Å². The molecule has 0 spiro atoms. The molecular weight excluding hydrogens is 408 g/mol. The van der Waals surface area contributed by atoms with E-state index in [1.807, 2.05) is 18.2 Å². The normalized spacial score (nSPS) is 12.4. The number of thioether (sulfide) groups is 1. The van der Waals surface area contributed by atoms with Crippen molar-refractivity contribution in [1.29, 1.82) is 0 Å². The number of hydrogen-bond acceptors (Lipinski definition) is 5. The first-order chi connectivity index (χ1) is 12.1. The van der Waals surface area contributed by atoms with Gasteiger partial charge in [-0.25, -0.2) is 0 Å². The van der Waals surface area contributed by atoms with E-state index in [1.54, 1.807) is 24.3 Å². The van der Waals surface area contributed by atoms with Gasteiger partial charge in [0.25, 0.3) is 5.91 Å². The number of rotatable bonds is 4. The molecule has 1 aliphatic rings. The van der Waals surface area contributed by atoms with E-state index >= 15 is 0 Å². The fourth-order valence-corrected chi connectivity index (χ4v) is 3.09. The van der Waals surface area contributed by atoms with Crippen LogP contribution in [0.1, 0.15) is 10.4 Å². The van der Waals surface area contributed by atoms with Crippen LogP contribution in [0.25, 0.3) is 0 Å². The van der Waals surface area contributed by atoms with E-state index in [0.717, 1.165) is 9.37 Å². The highest BCUT2D eigenvalue weighted by molar-refractivity contribution is 9.10. The predicted octanol–water partition coefficient (Wildman–Crippen LogP) is 2.77. The molecule has 1 heterocycles. The number of carbonyl (C=O) groups is 2. The number of amides is 2. The molecule has 3 rings (SSSR count). The highest BCUT2D eigenvalue weighted by Crippen LogP contribution is 2.34. The molecule has 0 saturated carbocycles. The summed E-state index contributed by atoms with van der Waals surface area (Å²) in [5.41, 5.74) is 5.25. The first-order valence-electron chi connectivity index (χ1n) is 7.49. The van der Waals surface area contributed by atoms with Crippen molar-refractivity contribution in [2.75, 3.05) is 19.0 Å². The van der Waals surface area contributed by atoms with Gasteiger partial charge in [0.05, 0.1) is 5.75 Å². The van der Waals surface area contributed by atoms with E-state index in [2.05, 4.69) is 26.8 Å². The molecule has 0 fully saturated rings. The van der Waals surface area contributed by atoms with Crippen LogP contribution in [0.3, 0.4) is 0 Å². The van der Waals surface area contributed by atoms with Crippen molar-refractivity contribution in [3.63, 3.8) is 0 Å². The van der Waals surface area contributed by atoms with Gasteiger partial charge in [0.2, 0.25) is 5.91 Å². The van der Waals surface area contributed by atoms with E-state index in [9.17, 15) is 9.59 Å². The molecule has 130 valence electrons. The third kappa shape index (κ3) is 4.90. The summed E-state index contributed by atoms with van der Waals surface area (Å²) in [7, 11) is 0. The summed E-state index contributed by atoms with van der Waals surface area (Å²) >= 11 is 4.65. The molecule has 2 N–H and O–H groups in total. The van der Waals surface area contributed by atoms with Crippen molar-refractivity contribution < 1.29 is 19.1 Å². The second-order valence-corrected chi connectivity index (χ2v) is 7.07. The number of halogens is 1. The molecular formula is C17H15BrN2O4S. The first kappa shape index (κ1) is 17.6. The molecule has 0 aliphatic carbocycles. The average Bonchev–Trinajstić information content (AvgIpc) is 2.65. The second kappa shape index (κ2) is 8.26. The SMILES string of the molecule is O=C(CSc1ccc2c(c1)OCCO2)NNC(=O)c1ccc(Br)cc1. The second-order valence-electron chi connectivity index (χ2n) is 5.10. The molecule has 0 saturated heterocycles. The number of ether oxygens (including phenoxy) is 2. The number of hydrogen-bond donors (Lipinski definition) is 2. The van der Waals surface area contributed by atoms with Crippen LogP contribution in [0.4, 0.5) is 0 Å². The molecule has 6 nitrogen and oxygen atoms in total. The molecule has 0 atom stereocenters. The van der Waals surface area contributed by atoms with Crippen LogP contribution < -0.4 is 20.3 Å². The maximum atomic E-state index is 11.9. The molecule has 0 aromatic heterocycles. The first-order valence-corrected chi connectivity index (χ1v) is 9.27. The van der Waals surface area contributed by atoms with E-state index in [-0.39, 0.29) is 17.6 Å². The molecule has 0 radical (unpaired) electrons. The summed E-state index contributed by atoms with van der Waals surface area (Å²) in [5, 5.41) is 0. The number of hydrazine groups is 1. The molecule has 2 amide bonds. The van der Waals surface area contributed by atoms with Crippen LogP contribution >= 0.6 is 27.7 Å². The van der Waals surface area contributed by atoms with Crippen LogP contribution in [0, 0.1) is 0 Å². The van der Waals surface area contributed by atoms with Gasteiger partial charge in [-0.1, -0.05) is 15.9 Å². The van der Waals surface area contributed by atoms with Crippen molar-refractivity contribution in [3.8, 4) is 11.5 Å². The third-order valence-electron chi connectivity index (χ3n) is 3.31. The van der Waals surface area contributed by atoms with Crippen molar-refractivity contribution in [2.24, 2.45) is 0 Å². The van der Waals surface area contributed by atoms with E-state index in [0.29, 0.717) is 30.3 Å². The van der Waals surface area contributed by atoms with Gasteiger partial charge in [0.15, 0.2) is 11.5 Å². The lowest BCUT2D eigenvalue weighted by Gasteiger charge is -2.18. The van der Waals surface area contributed by atoms with Gasteiger partial charge in [-0.05, 0) is 42.5 Å². The van der Waals surface area contributed by atoms with Gasteiger partial charge in [-0.15, -0.1) is 11.8 Å². The Kier molecular flexibility index (Phi) is 5.83. The lowest BCUT2D eigenvalue weighted by Crippen LogP contribution is -2.42. The zero-order chi connectivity index (χ0) is 17.6. The summed E-state index contributed by atoms with van der Waals surface area (Å²) < 4.78 is 11.8. The monoisotopic (exact) mass is 422 g/mol. The van der Waals surface area contributed by atoms with Crippen molar-refractivity contribution >= 4 is 39.5 Å². The maximum Gasteiger partial charge on any atom is 0.269 e. The van der Waals surface area contributed by atoms with Crippen LogP contribution in [-0.4, -0.2) is 30.8 Å². The highest BCUT2D eigenvalue weighted by atomic mass is 79.9. The van der Waals surface area contributed by atoms with Crippen LogP contribution in [0.2, 0.25) is 0 Å². The molecule has 2 aromatic rings. The minimum Gasteiger partial charge on any atom is -0.486 e. The lowest BCUT2D eigenvalue weighted by atomic mass is 10.2. The van der Waals surface area contributed by atoms with Gasteiger partial charge in [0.1, 0.15) is 13.2 Å². The summed E-state index contributed by atoms with van der Waals surface area (Å²) in [6.07, 6.45) is 0. The number of carbonyl (C=O) groups excluding carboxylic acids is 2. The molecule has 1 aliphatic heterocycles. The summed E-state index contributed by atoms with van der Waals surface area (Å²) in [6.45, 7) is 1.06. The molecule has 25 heavy (non-hydrogen) atoms. The number of fused-ring (bicyclic) bond motifs is 1. The summed E-state index contributed by atoms with van der Waals surface area (Å²) in [6, 6.07) is 12.4. The summed E-state index contributed by atoms with van der Waals surface area (Å²) in [5.74, 6) is 0.887. The van der Waals surface area contributed by atoms with Gasteiger partial charge in [-0.3, -0.25) is 20.4 Å². The van der Waals surface area contributed by atoms with Crippen LogP contribution in [0.15, 0.2) is 51.8 Å².